The summed E-state index contributed by atoms with van der Waals surface area (Å²) in [6.07, 6.45) is -4.48. The summed E-state index contributed by atoms with van der Waals surface area (Å²) >= 11 is 6.98. The van der Waals surface area contributed by atoms with Crippen molar-refractivity contribution in [2.75, 3.05) is 10.6 Å². The summed E-state index contributed by atoms with van der Waals surface area (Å²) in [5.41, 5.74) is 1.47. The zero-order chi connectivity index (χ0) is 22.3. The molecular weight excluding hydrogens is 449 g/mol. The summed E-state index contributed by atoms with van der Waals surface area (Å²) in [4.78, 5) is 25.5. The van der Waals surface area contributed by atoms with E-state index >= 15 is 0 Å². The molecule has 4 nitrogen and oxygen atoms in total. The van der Waals surface area contributed by atoms with E-state index in [-0.39, 0.29) is 18.2 Å². The number of nitrogens with one attached hydrogen (secondary N) is 2. The van der Waals surface area contributed by atoms with Crippen molar-refractivity contribution in [1.82, 2.24) is 0 Å². The summed E-state index contributed by atoms with van der Waals surface area (Å²) in [7, 11) is 0. The van der Waals surface area contributed by atoms with Gasteiger partial charge in [-0.2, -0.15) is 13.2 Å². The molecule has 3 aromatic rings. The second-order valence-electron chi connectivity index (χ2n) is 7.19. The van der Waals surface area contributed by atoms with E-state index < -0.39 is 17.7 Å². The Morgan fingerprint density at radius 2 is 1.90 bits per heavy atom. The molecule has 9 heteroatoms. The van der Waals surface area contributed by atoms with Gasteiger partial charge in [-0.1, -0.05) is 29.8 Å². The number of hydrogen-bond acceptors (Lipinski definition) is 3. The second-order valence-corrected chi connectivity index (χ2v) is 8.65. The van der Waals surface area contributed by atoms with Crippen LogP contribution in [0.4, 0.5) is 23.9 Å². The molecule has 1 aliphatic rings. The fraction of sp³-hybridized carbons (Fsp3) is 0.182. The predicted molar refractivity (Wildman–Crippen MR) is 115 cm³/mol. The lowest BCUT2D eigenvalue weighted by Gasteiger charge is -2.24. The summed E-state index contributed by atoms with van der Waals surface area (Å²) in [6.45, 7) is 1.74. The molecule has 31 heavy (non-hydrogen) atoms. The summed E-state index contributed by atoms with van der Waals surface area (Å²) in [5, 5.41) is 6.55. The Hall–Kier alpha value is -2.84. The summed E-state index contributed by atoms with van der Waals surface area (Å²) in [5.74, 6) is -1.24. The van der Waals surface area contributed by atoms with Crippen LogP contribution in [0.1, 0.15) is 44.3 Å². The number of anilines is 2. The number of alkyl halides is 3. The molecule has 0 fully saturated rings. The quantitative estimate of drug-likeness (QED) is 0.467. The van der Waals surface area contributed by atoms with Crippen LogP contribution in [0.5, 0.6) is 0 Å². The van der Waals surface area contributed by atoms with Gasteiger partial charge in [0.2, 0.25) is 5.91 Å². The van der Waals surface area contributed by atoms with Crippen LogP contribution >= 0.6 is 22.9 Å². The first-order valence-corrected chi connectivity index (χ1v) is 10.5. The fourth-order valence-corrected chi connectivity index (χ4v) is 4.96. The van der Waals surface area contributed by atoms with Gasteiger partial charge >= 0.3 is 6.18 Å². The summed E-state index contributed by atoms with van der Waals surface area (Å²) < 4.78 is 39.6. The highest BCUT2D eigenvalue weighted by molar-refractivity contribution is 7.18. The van der Waals surface area contributed by atoms with Crippen LogP contribution in [0.2, 0.25) is 5.02 Å². The van der Waals surface area contributed by atoms with Crippen molar-refractivity contribution in [3.05, 3.63) is 80.7 Å². The number of amides is 2. The van der Waals surface area contributed by atoms with Crippen molar-refractivity contribution in [3.63, 3.8) is 0 Å². The molecule has 0 saturated carbocycles. The third kappa shape index (κ3) is 4.31. The number of thiophene rings is 1. The Balaban J connectivity index is 1.71. The Labute approximate surface area is 185 Å². The molecule has 0 aliphatic carbocycles. The SMILES string of the molecule is Cc1c(C(=O)Nc2ccc(Cl)cc2)sc2c1[C@@H](c1cccc(C(F)(F)F)c1)CC(=O)N2. The molecule has 0 spiro atoms. The van der Waals surface area contributed by atoms with Gasteiger partial charge in [0, 0.05) is 23.0 Å². The molecule has 0 radical (unpaired) electrons. The van der Waals surface area contributed by atoms with E-state index in [1.807, 2.05) is 0 Å². The van der Waals surface area contributed by atoms with Crippen molar-refractivity contribution in [1.29, 1.82) is 0 Å². The molecule has 2 aromatic carbocycles. The monoisotopic (exact) mass is 464 g/mol. The van der Waals surface area contributed by atoms with Gasteiger partial charge in [0.05, 0.1) is 15.4 Å². The Kier molecular flexibility index (Phi) is 5.53. The smallest absolute Gasteiger partial charge is 0.321 e. The van der Waals surface area contributed by atoms with Crippen molar-refractivity contribution in [3.8, 4) is 0 Å². The molecule has 2 N–H and O–H groups in total. The first-order valence-electron chi connectivity index (χ1n) is 9.30. The highest BCUT2D eigenvalue weighted by Crippen LogP contribution is 2.46. The lowest BCUT2D eigenvalue weighted by molar-refractivity contribution is -0.137. The van der Waals surface area contributed by atoms with Crippen LogP contribution in [-0.4, -0.2) is 11.8 Å². The third-order valence-corrected chi connectivity index (χ3v) is 6.58. The lowest BCUT2D eigenvalue weighted by Crippen LogP contribution is -2.23. The molecule has 1 aliphatic heterocycles. The minimum atomic E-state index is -4.48. The fourth-order valence-electron chi connectivity index (χ4n) is 3.66. The number of benzene rings is 2. The molecule has 0 saturated heterocycles. The lowest BCUT2D eigenvalue weighted by atomic mass is 9.84. The highest BCUT2D eigenvalue weighted by Gasteiger charge is 2.35. The van der Waals surface area contributed by atoms with Crippen molar-refractivity contribution < 1.29 is 22.8 Å². The van der Waals surface area contributed by atoms with E-state index in [9.17, 15) is 22.8 Å². The average molecular weight is 465 g/mol. The molecule has 160 valence electrons. The number of rotatable bonds is 3. The van der Waals surface area contributed by atoms with E-state index in [2.05, 4.69) is 10.6 Å². The van der Waals surface area contributed by atoms with Crippen molar-refractivity contribution in [2.24, 2.45) is 0 Å². The number of fused-ring (bicyclic) bond motifs is 1. The number of carbonyl (C=O) groups excluding carboxylic acids is 2. The molecular formula is C22H16ClF3N2O2S. The molecule has 1 atom stereocenters. The van der Waals surface area contributed by atoms with Gasteiger partial charge in [-0.3, -0.25) is 9.59 Å². The average Bonchev–Trinajstić information content (AvgIpc) is 3.05. The standard InChI is InChI=1S/C22H16ClF3N2O2S/c1-11-18-16(12-3-2-4-13(9-12)22(24,25)26)10-17(29)28-21(18)31-19(11)20(30)27-15-7-5-14(23)6-8-15/h2-9,16H,10H2,1H3,(H,27,30)(H,28,29)/t16-/m1/s1. The van der Waals surface area contributed by atoms with E-state index in [0.717, 1.165) is 23.5 Å². The molecule has 0 bridgehead atoms. The topological polar surface area (TPSA) is 58.2 Å². The maximum Gasteiger partial charge on any atom is 0.416 e. The Morgan fingerprint density at radius 1 is 1.19 bits per heavy atom. The maximum atomic E-state index is 13.2. The van der Waals surface area contributed by atoms with E-state index in [4.69, 9.17) is 11.6 Å². The van der Waals surface area contributed by atoms with Crippen LogP contribution in [0.15, 0.2) is 48.5 Å². The zero-order valence-electron chi connectivity index (χ0n) is 16.1. The van der Waals surface area contributed by atoms with Crippen molar-refractivity contribution >= 4 is 45.4 Å². The molecule has 1 aromatic heterocycles. The van der Waals surface area contributed by atoms with Crippen LogP contribution in [0, 0.1) is 6.92 Å². The summed E-state index contributed by atoms with van der Waals surface area (Å²) in [6, 6.07) is 11.6. The Morgan fingerprint density at radius 3 is 2.58 bits per heavy atom. The Bertz CT molecular complexity index is 1170. The number of carbonyl (C=O) groups is 2. The minimum Gasteiger partial charge on any atom is -0.321 e. The normalized spacial score (nSPS) is 15.9. The number of halogens is 4. The minimum absolute atomic E-state index is 0.00409. The molecule has 4 rings (SSSR count). The van der Waals surface area contributed by atoms with E-state index in [0.29, 0.717) is 37.3 Å². The first-order chi connectivity index (χ1) is 14.6. The molecule has 2 amide bonds. The largest absolute Gasteiger partial charge is 0.416 e. The predicted octanol–water partition coefficient (Wildman–Crippen LogP) is 6.46. The van der Waals surface area contributed by atoms with E-state index in [1.165, 1.54) is 6.07 Å². The van der Waals surface area contributed by atoms with Crippen molar-refractivity contribution in [2.45, 2.75) is 25.4 Å². The first kappa shape index (κ1) is 21.4. The van der Waals surface area contributed by atoms with Crippen LogP contribution < -0.4 is 10.6 Å². The van der Waals surface area contributed by atoms with Crippen LogP contribution in [0.3, 0.4) is 0 Å². The van der Waals surface area contributed by atoms with Gasteiger partial charge in [-0.05, 0) is 53.9 Å². The van der Waals surface area contributed by atoms with Gasteiger partial charge in [-0.15, -0.1) is 11.3 Å². The van der Waals surface area contributed by atoms with Gasteiger partial charge in [-0.25, -0.2) is 0 Å². The molecule has 0 unspecified atom stereocenters. The second kappa shape index (κ2) is 8.01. The van der Waals surface area contributed by atoms with Crippen LogP contribution in [0.25, 0.3) is 0 Å². The van der Waals surface area contributed by atoms with Gasteiger partial charge in [0.25, 0.3) is 5.91 Å². The van der Waals surface area contributed by atoms with Gasteiger partial charge < -0.3 is 10.6 Å². The zero-order valence-corrected chi connectivity index (χ0v) is 17.7. The third-order valence-electron chi connectivity index (χ3n) is 5.11. The van der Waals surface area contributed by atoms with Crippen LogP contribution in [-0.2, 0) is 11.0 Å². The van der Waals surface area contributed by atoms with Gasteiger partial charge in [0.1, 0.15) is 0 Å². The maximum absolute atomic E-state index is 13.2. The molecule has 2 heterocycles. The highest BCUT2D eigenvalue weighted by atomic mass is 35.5. The van der Waals surface area contributed by atoms with Gasteiger partial charge in [0.15, 0.2) is 0 Å². The van der Waals surface area contributed by atoms with E-state index in [1.54, 1.807) is 37.3 Å². The number of hydrogen-bond donors (Lipinski definition) is 2.